The van der Waals surface area contributed by atoms with Crippen molar-refractivity contribution in [2.24, 2.45) is 0 Å². The van der Waals surface area contributed by atoms with Gasteiger partial charge in [0.15, 0.2) is 4.91 Å². The second-order valence-corrected chi connectivity index (χ2v) is 9.57. The minimum absolute atomic E-state index is 0.0422. The van der Waals surface area contributed by atoms with Crippen LogP contribution in [0.2, 0.25) is 0 Å². The number of nitrogens with one attached hydrogen (secondary N) is 1. The topological polar surface area (TPSA) is 84.9 Å². The number of carbonyl (C=O) groups excluding carboxylic acids is 1. The summed E-state index contributed by atoms with van der Waals surface area (Å²) in [5.74, 6) is -0.0373. The molecule has 1 N–H and O–H groups in total. The van der Waals surface area contributed by atoms with Crippen LogP contribution in [-0.4, -0.2) is 28.4 Å². The molecule has 166 valence electrons. The number of hydrogen-bond acceptors (Lipinski definition) is 7. The zero-order valence-electron chi connectivity index (χ0n) is 17.2. The highest BCUT2D eigenvalue weighted by Gasteiger charge is 2.41. The van der Waals surface area contributed by atoms with E-state index >= 15 is 0 Å². The van der Waals surface area contributed by atoms with E-state index in [1.807, 2.05) is 0 Å². The van der Waals surface area contributed by atoms with Crippen LogP contribution < -0.4 is 19.1 Å². The molecule has 2 heterocycles. The van der Waals surface area contributed by atoms with E-state index in [2.05, 4.69) is 5.32 Å². The normalized spacial score (nSPS) is 16.0. The van der Waals surface area contributed by atoms with E-state index < -0.39 is 26.5 Å². The lowest BCUT2D eigenvalue weighted by Gasteiger charge is -2.29. The molecule has 4 rings (SSSR count). The fraction of sp³-hybridized carbons (Fsp3) is 0.136. The summed E-state index contributed by atoms with van der Waals surface area (Å²) in [6.45, 7) is -0.0422. The number of thiophene rings is 1. The molecular weight excluding hydrogens is 455 g/mol. The van der Waals surface area contributed by atoms with Crippen molar-refractivity contribution in [2.45, 2.75) is 6.54 Å². The van der Waals surface area contributed by atoms with Crippen molar-refractivity contribution in [3.05, 3.63) is 81.3 Å². The van der Waals surface area contributed by atoms with Crippen molar-refractivity contribution in [3.63, 3.8) is 0 Å². The van der Waals surface area contributed by atoms with Gasteiger partial charge in [-0.3, -0.25) is 9.10 Å². The smallest absolute Gasteiger partial charge is 0.270 e. The van der Waals surface area contributed by atoms with Gasteiger partial charge >= 0.3 is 0 Å². The van der Waals surface area contributed by atoms with E-state index in [1.165, 1.54) is 38.5 Å². The molecule has 0 bridgehead atoms. The van der Waals surface area contributed by atoms with Crippen LogP contribution in [-0.2, 0) is 16.6 Å². The monoisotopic (exact) mass is 474 g/mol. The quantitative estimate of drug-likeness (QED) is 0.534. The van der Waals surface area contributed by atoms with E-state index in [9.17, 15) is 17.6 Å². The number of rotatable bonds is 6. The number of methoxy groups -OCH3 is 2. The van der Waals surface area contributed by atoms with Gasteiger partial charge in [-0.15, -0.1) is 11.3 Å². The number of carbonyl (C=O) groups is 1. The Morgan fingerprint density at radius 1 is 1.09 bits per heavy atom. The molecule has 0 saturated carbocycles. The lowest BCUT2D eigenvalue weighted by Crippen LogP contribution is -2.38. The van der Waals surface area contributed by atoms with Crippen LogP contribution in [0.15, 0.2) is 65.0 Å². The van der Waals surface area contributed by atoms with Gasteiger partial charge < -0.3 is 14.8 Å². The number of halogens is 1. The van der Waals surface area contributed by atoms with Crippen LogP contribution in [0.25, 0.3) is 0 Å². The molecule has 2 aromatic carbocycles. The Labute approximate surface area is 188 Å². The molecule has 1 aromatic heterocycles. The van der Waals surface area contributed by atoms with Crippen molar-refractivity contribution in [2.75, 3.05) is 23.8 Å². The maximum Gasteiger partial charge on any atom is 0.270 e. The number of anilines is 2. The van der Waals surface area contributed by atoms with E-state index in [4.69, 9.17) is 9.47 Å². The molecule has 1 aliphatic heterocycles. The van der Waals surface area contributed by atoms with Gasteiger partial charge in [0, 0.05) is 12.3 Å². The number of sulfonamides is 1. The third-order valence-electron chi connectivity index (χ3n) is 4.92. The van der Waals surface area contributed by atoms with Crippen LogP contribution in [0.5, 0.6) is 11.5 Å². The molecule has 0 amide bonds. The van der Waals surface area contributed by atoms with Crippen molar-refractivity contribution >= 4 is 38.5 Å². The summed E-state index contributed by atoms with van der Waals surface area (Å²) in [6, 6.07) is 12.1. The van der Waals surface area contributed by atoms with Gasteiger partial charge in [0.1, 0.15) is 22.2 Å². The Bertz CT molecular complexity index is 1300. The molecule has 0 spiro atoms. The molecule has 0 saturated heterocycles. The minimum Gasteiger partial charge on any atom is -0.497 e. The highest BCUT2D eigenvalue weighted by molar-refractivity contribution is 7.97. The Morgan fingerprint density at radius 2 is 1.84 bits per heavy atom. The van der Waals surface area contributed by atoms with Crippen LogP contribution in [0.3, 0.4) is 0 Å². The van der Waals surface area contributed by atoms with Crippen molar-refractivity contribution < 1.29 is 27.1 Å². The highest BCUT2D eigenvalue weighted by Crippen LogP contribution is 2.39. The van der Waals surface area contributed by atoms with E-state index in [0.29, 0.717) is 33.3 Å². The van der Waals surface area contributed by atoms with Gasteiger partial charge in [-0.1, -0.05) is 12.1 Å². The Kier molecular flexibility index (Phi) is 5.90. The lowest BCUT2D eigenvalue weighted by atomic mass is 10.2. The van der Waals surface area contributed by atoms with Gasteiger partial charge in [0.2, 0.25) is 5.78 Å². The highest BCUT2D eigenvalue weighted by atomic mass is 32.2. The van der Waals surface area contributed by atoms with Gasteiger partial charge in [0.25, 0.3) is 10.0 Å². The number of ketones is 1. The molecule has 1 aliphatic rings. The summed E-state index contributed by atoms with van der Waals surface area (Å²) in [6.07, 6.45) is 1.16. The fourth-order valence-corrected chi connectivity index (χ4v) is 5.77. The average Bonchev–Trinajstić information content (AvgIpc) is 3.27. The average molecular weight is 475 g/mol. The maximum atomic E-state index is 13.4. The summed E-state index contributed by atoms with van der Waals surface area (Å²) in [5.41, 5.74) is 1.33. The van der Waals surface area contributed by atoms with E-state index in [0.717, 1.165) is 21.8 Å². The number of fused-ring (bicyclic) bond motifs is 1. The Balaban J connectivity index is 1.75. The Morgan fingerprint density at radius 3 is 2.53 bits per heavy atom. The lowest BCUT2D eigenvalue weighted by molar-refractivity contribution is 0.104. The predicted molar refractivity (Wildman–Crippen MR) is 121 cm³/mol. The fourth-order valence-electron chi connectivity index (χ4n) is 3.28. The second-order valence-electron chi connectivity index (χ2n) is 6.82. The first kappa shape index (κ1) is 21.8. The molecule has 0 unspecified atom stereocenters. The van der Waals surface area contributed by atoms with Gasteiger partial charge in [-0.25, -0.2) is 12.8 Å². The zero-order valence-corrected chi connectivity index (χ0v) is 18.8. The van der Waals surface area contributed by atoms with Crippen LogP contribution in [0.4, 0.5) is 15.8 Å². The first-order chi connectivity index (χ1) is 15.3. The van der Waals surface area contributed by atoms with Crippen LogP contribution in [0, 0.1) is 5.82 Å². The number of ether oxygens (including phenoxy) is 2. The molecule has 0 atom stereocenters. The standard InChI is InChI=1S/C22H19FN2O5S2/c1-29-16-7-8-19(30-2)17(11-16)24-12-20-21(26)22-18(9-10-31-22)25(32(20,27)28)13-14-3-5-15(23)6-4-14/h3-12,24H,13H2,1-2H3/b20-12-. The maximum absolute atomic E-state index is 13.4. The molecule has 0 aliphatic carbocycles. The van der Waals surface area contributed by atoms with Crippen LogP contribution >= 0.6 is 11.3 Å². The third-order valence-corrected chi connectivity index (χ3v) is 7.58. The third kappa shape index (κ3) is 3.94. The van der Waals surface area contributed by atoms with Crippen molar-refractivity contribution in [3.8, 4) is 11.5 Å². The SMILES string of the molecule is COc1ccc(OC)c(N/C=C2/C(=O)c3sccc3N(Cc3ccc(F)cc3)S2(=O)=O)c1. The first-order valence-electron chi connectivity index (χ1n) is 9.43. The number of hydrogen-bond donors (Lipinski definition) is 1. The molecule has 7 nitrogen and oxygen atoms in total. The number of benzene rings is 2. The van der Waals surface area contributed by atoms with Gasteiger partial charge in [-0.05, 0) is 41.3 Å². The van der Waals surface area contributed by atoms with Crippen molar-refractivity contribution in [1.29, 1.82) is 0 Å². The van der Waals surface area contributed by atoms with Crippen LogP contribution in [0.1, 0.15) is 15.2 Å². The van der Waals surface area contributed by atoms with E-state index in [-0.39, 0.29) is 6.54 Å². The Hall–Kier alpha value is -3.37. The number of allylic oxidation sites excluding steroid dienone is 1. The first-order valence-corrected chi connectivity index (χ1v) is 11.7. The van der Waals surface area contributed by atoms with Crippen molar-refractivity contribution in [1.82, 2.24) is 0 Å². The molecule has 0 radical (unpaired) electrons. The molecule has 10 heteroatoms. The largest absolute Gasteiger partial charge is 0.497 e. The molecule has 3 aromatic rings. The summed E-state index contributed by atoms with van der Waals surface area (Å²) in [5, 5.41) is 4.53. The van der Waals surface area contributed by atoms with E-state index in [1.54, 1.807) is 29.6 Å². The zero-order chi connectivity index (χ0) is 22.9. The molecule has 32 heavy (non-hydrogen) atoms. The summed E-state index contributed by atoms with van der Waals surface area (Å²) in [7, 11) is -1.21. The van der Waals surface area contributed by atoms with Gasteiger partial charge in [0.05, 0.1) is 32.1 Å². The summed E-state index contributed by atoms with van der Waals surface area (Å²) in [4.78, 5) is 12.9. The summed E-state index contributed by atoms with van der Waals surface area (Å²) >= 11 is 1.16. The number of Topliss-reactive ketones (excluding diaryl/α,β-unsaturated/α-hetero) is 1. The minimum atomic E-state index is -4.19. The molecule has 0 fully saturated rings. The number of nitrogens with zero attached hydrogens (tertiary/aromatic N) is 1. The predicted octanol–water partition coefficient (Wildman–Crippen LogP) is 4.39. The second kappa shape index (κ2) is 8.64. The van der Waals surface area contributed by atoms with Gasteiger partial charge in [-0.2, -0.15) is 0 Å². The molecular formula is C22H19FN2O5S2. The summed E-state index contributed by atoms with van der Waals surface area (Å²) < 4.78 is 51.8.